The Labute approximate surface area is 122 Å². The maximum absolute atomic E-state index is 12.5. The van der Waals surface area contributed by atoms with Gasteiger partial charge in [0.05, 0.1) is 0 Å². The van der Waals surface area contributed by atoms with Gasteiger partial charge in [-0.25, -0.2) is 0 Å². The number of amides is 1. The number of nitrogens with zero attached hydrogens (tertiary/aromatic N) is 1. The third kappa shape index (κ3) is 3.65. The molecule has 1 aliphatic heterocycles. The van der Waals surface area contributed by atoms with Crippen LogP contribution in [0, 0.1) is 0 Å². The monoisotopic (exact) mass is 293 g/mol. The first-order chi connectivity index (χ1) is 9.99. The number of hydrogen-bond acceptors (Lipinski definition) is 4. The number of phenolic OH excluding ortho intramolecular Hbond substituents is 2. The normalized spacial score (nSPS) is 18.5. The van der Waals surface area contributed by atoms with Gasteiger partial charge in [-0.2, -0.15) is 0 Å². The molecular weight excluding hydrogens is 274 g/mol. The fourth-order valence-corrected chi connectivity index (χ4v) is 2.68. The average Bonchev–Trinajstić information content (AvgIpc) is 2.47. The zero-order valence-electron chi connectivity index (χ0n) is 11.7. The number of likely N-dealkylation sites (tertiary alicyclic amines) is 1. The molecule has 3 N–H and O–H groups in total. The molecule has 1 aromatic carbocycles. The van der Waals surface area contributed by atoms with Gasteiger partial charge in [-0.1, -0.05) is 0 Å². The van der Waals surface area contributed by atoms with Crippen LogP contribution in [0.5, 0.6) is 11.5 Å². The molecule has 0 spiro atoms. The minimum atomic E-state index is -0.866. The van der Waals surface area contributed by atoms with E-state index in [2.05, 4.69) is 0 Å². The molecule has 2 rings (SSSR count). The van der Waals surface area contributed by atoms with Crippen LogP contribution in [0.15, 0.2) is 18.2 Å². The Morgan fingerprint density at radius 3 is 2.62 bits per heavy atom. The van der Waals surface area contributed by atoms with Gasteiger partial charge in [0.25, 0.3) is 5.91 Å². The first-order valence-electron chi connectivity index (χ1n) is 7.04. The van der Waals surface area contributed by atoms with Gasteiger partial charge in [0.2, 0.25) is 0 Å². The smallest absolute Gasteiger partial charge is 0.303 e. The molecular formula is C15H19NO5. The van der Waals surface area contributed by atoms with Gasteiger partial charge < -0.3 is 20.2 Å². The van der Waals surface area contributed by atoms with Gasteiger partial charge in [-0.3, -0.25) is 9.59 Å². The van der Waals surface area contributed by atoms with E-state index < -0.39 is 5.97 Å². The van der Waals surface area contributed by atoms with Gasteiger partial charge in [-0.15, -0.1) is 0 Å². The lowest BCUT2D eigenvalue weighted by molar-refractivity contribution is -0.137. The SMILES string of the molecule is O=C(O)CCC1CCCCN1C(=O)c1ccc(O)c(O)c1. The zero-order chi connectivity index (χ0) is 15.4. The summed E-state index contributed by atoms with van der Waals surface area (Å²) >= 11 is 0. The van der Waals surface area contributed by atoms with Crippen LogP contribution in [-0.2, 0) is 4.79 Å². The number of rotatable bonds is 4. The Bertz CT molecular complexity index is 543. The third-order valence-corrected chi connectivity index (χ3v) is 3.80. The third-order valence-electron chi connectivity index (χ3n) is 3.80. The molecule has 0 radical (unpaired) electrons. The quantitative estimate of drug-likeness (QED) is 0.737. The molecule has 114 valence electrons. The van der Waals surface area contributed by atoms with Gasteiger partial charge in [0.15, 0.2) is 11.5 Å². The number of carbonyl (C=O) groups excluding carboxylic acids is 1. The van der Waals surface area contributed by atoms with E-state index in [1.165, 1.54) is 18.2 Å². The van der Waals surface area contributed by atoms with Gasteiger partial charge in [0.1, 0.15) is 0 Å². The molecule has 1 unspecified atom stereocenters. The standard InChI is InChI=1S/C15H19NO5/c17-12-6-4-10(9-13(12)18)15(21)16-8-2-1-3-11(16)5-7-14(19)20/h4,6,9,11,17-18H,1-3,5,7-8H2,(H,19,20). The van der Waals surface area contributed by atoms with Crippen LogP contribution in [-0.4, -0.2) is 44.7 Å². The van der Waals surface area contributed by atoms with E-state index in [1.807, 2.05) is 0 Å². The molecule has 1 aliphatic rings. The average molecular weight is 293 g/mol. The predicted molar refractivity (Wildman–Crippen MR) is 75.3 cm³/mol. The second kappa shape index (κ2) is 6.47. The van der Waals surface area contributed by atoms with Crippen molar-refractivity contribution in [2.45, 2.75) is 38.1 Å². The van der Waals surface area contributed by atoms with Crippen molar-refractivity contribution in [3.63, 3.8) is 0 Å². The summed E-state index contributed by atoms with van der Waals surface area (Å²) in [5.74, 6) is -1.71. The van der Waals surface area contributed by atoms with Gasteiger partial charge in [-0.05, 0) is 43.9 Å². The van der Waals surface area contributed by atoms with Crippen LogP contribution in [0.3, 0.4) is 0 Å². The Kier molecular flexibility index (Phi) is 4.67. The highest BCUT2D eigenvalue weighted by molar-refractivity contribution is 5.95. The maximum atomic E-state index is 12.5. The van der Waals surface area contributed by atoms with E-state index in [4.69, 9.17) is 5.11 Å². The lowest BCUT2D eigenvalue weighted by atomic mass is 9.97. The highest BCUT2D eigenvalue weighted by Crippen LogP contribution is 2.28. The fourth-order valence-electron chi connectivity index (χ4n) is 2.68. The molecule has 0 aliphatic carbocycles. The molecule has 21 heavy (non-hydrogen) atoms. The van der Waals surface area contributed by atoms with Gasteiger partial charge >= 0.3 is 5.97 Å². The molecule has 1 saturated heterocycles. The van der Waals surface area contributed by atoms with Crippen molar-refractivity contribution in [1.82, 2.24) is 4.90 Å². The van der Waals surface area contributed by atoms with E-state index >= 15 is 0 Å². The van der Waals surface area contributed by atoms with Crippen LogP contribution < -0.4 is 0 Å². The summed E-state index contributed by atoms with van der Waals surface area (Å²) in [6, 6.07) is 3.89. The summed E-state index contributed by atoms with van der Waals surface area (Å²) in [6.45, 7) is 0.588. The molecule has 0 bridgehead atoms. The number of hydrogen-bond donors (Lipinski definition) is 3. The largest absolute Gasteiger partial charge is 0.504 e. The highest BCUT2D eigenvalue weighted by Gasteiger charge is 2.28. The van der Waals surface area contributed by atoms with Crippen molar-refractivity contribution in [2.24, 2.45) is 0 Å². The van der Waals surface area contributed by atoms with E-state index in [0.717, 1.165) is 19.3 Å². The van der Waals surface area contributed by atoms with E-state index in [0.29, 0.717) is 18.5 Å². The Morgan fingerprint density at radius 1 is 1.19 bits per heavy atom. The Hall–Kier alpha value is -2.24. The lowest BCUT2D eigenvalue weighted by Crippen LogP contribution is -2.43. The van der Waals surface area contributed by atoms with Crippen LogP contribution in [0.2, 0.25) is 0 Å². The van der Waals surface area contributed by atoms with E-state index in [-0.39, 0.29) is 29.9 Å². The molecule has 6 nitrogen and oxygen atoms in total. The second-order valence-corrected chi connectivity index (χ2v) is 5.28. The van der Waals surface area contributed by atoms with Gasteiger partial charge in [0, 0.05) is 24.6 Å². The summed E-state index contributed by atoms with van der Waals surface area (Å²) in [6.07, 6.45) is 3.14. The lowest BCUT2D eigenvalue weighted by Gasteiger charge is -2.35. The highest BCUT2D eigenvalue weighted by atomic mass is 16.4. The topological polar surface area (TPSA) is 98.1 Å². The number of carbonyl (C=O) groups is 2. The summed E-state index contributed by atoms with van der Waals surface area (Å²) < 4.78 is 0. The Morgan fingerprint density at radius 2 is 1.95 bits per heavy atom. The van der Waals surface area contributed by atoms with Crippen LogP contribution >= 0.6 is 0 Å². The van der Waals surface area contributed by atoms with E-state index in [9.17, 15) is 19.8 Å². The number of carboxylic acid groups (broad SMARTS) is 1. The van der Waals surface area contributed by atoms with Crippen molar-refractivity contribution in [3.8, 4) is 11.5 Å². The number of aromatic hydroxyl groups is 2. The summed E-state index contributed by atoms with van der Waals surface area (Å²) in [7, 11) is 0. The molecule has 0 saturated carbocycles. The first-order valence-corrected chi connectivity index (χ1v) is 7.04. The number of piperidine rings is 1. The van der Waals surface area contributed by atoms with Crippen molar-refractivity contribution in [1.29, 1.82) is 0 Å². The minimum Gasteiger partial charge on any atom is -0.504 e. The van der Waals surface area contributed by atoms with Crippen molar-refractivity contribution >= 4 is 11.9 Å². The number of phenols is 2. The van der Waals surface area contributed by atoms with Crippen LogP contribution in [0.25, 0.3) is 0 Å². The zero-order valence-corrected chi connectivity index (χ0v) is 11.7. The summed E-state index contributed by atoms with van der Waals surface area (Å²) in [5, 5.41) is 27.6. The molecule has 1 heterocycles. The van der Waals surface area contributed by atoms with Crippen molar-refractivity contribution < 1.29 is 24.9 Å². The predicted octanol–water partition coefficient (Wildman–Crippen LogP) is 1.96. The molecule has 6 heteroatoms. The maximum Gasteiger partial charge on any atom is 0.303 e. The van der Waals surface area contributed by atoms with Crippen LogP contribution in [0.1, 0.15) is 42.5 Å². The first kappa shape index (κ1) is 15.2. The second-order valence-electron chi connectivity index (χ2n) is 5.28. The number of benzene rings is 1. The molecule has 1 amide bonds. The number of aliphatic carboxylic acids is 1. The van der Waals surface area contributed by atoms with Crippen molar-refractivity contribution in [3.05, 3.63) is 23.8 Å². The molecule has 1 fully saturated rings. The Balaban J connectivity index is 2.13. The van der Waals surface area contributed by atoms with E-state index in [1.54, 1.807) is 4.90 Å². The summed E-state index contributed by atoms with van der Waals surface area (Å²) in [5.41, 5.74) is 0.299. The summed E-state index contributed by atoms with van der Waals surface area (Å²) in [4.78, 5) is 24.9. The fraction of sp³-hybridized carbons (Fsp3) is 0.467. The number of carboxylic acids is 1. The molecule has 1 atom stereocenters. The van der Waals surface area contributed by atoms with Crippen LogP contribution in [0.4, 0.5) is 0 Å². The molecule has 0 aromatic heterocycles. The van der Waals surface area contributed by atoms with Crippen molar-refractivity contribution in [2.75, 3.05) is 6.54 Å². The minimum absolute atomic E-state index is 0.0370. The molecule has 1 aromatic rings.